The van der Waals surface area contributed by atoms with Crippen LogP contribution >= 0.6 is 27.5 Å². The fraction of sp³-hybridized carbons (Fsp3) is 0.455. The molecular weight excluding hydrogens is 247 g/mol. The summed E-state index contributed by atoms with van der Waals surface area (Å²) >= 11 is 9.69. The van der Waals surface area contributed by atoms with Gasteiger partial charge in [0.15, 0.2) is 0 Å². The fourth-order valence-corrected chi connectivity index (χ4v) is 2.31. The van der Waals surface area contributed by atoms with Gasteiger partial charge in [-0.3, -0.25) is 0 Å². The largest absolute Gasteiger partial charge is 0.0919 e. The highest BCUT2D eigenvalue weighted by atomic mass is 79.9. The maximum Gasteiger partial charge on any atom is 0.0446 e. The van der Waals surface area contributed by atoms with Crippen LogP contribution in [0.15, 0.2) is 18.2 Å². The Morgan fingerprint density at radius 3 is 2.46 bits per heavy atom. The first-order chi connectivity index (χ1) is 5.99. The minimum Gasteiger partial charge on any atom is -0.0919 e. The standard InChI is InChI=1S/C11H14BrCl/c1-8-5-4-6-9(13)10(8)11(2,3)7-12/h4-6H,7H2,1-3H3. The predicted octanol–water partition coefficient (Wildman–Crippen LogP) is 4.32. The van der Waals surface area contributed by atoms with Crippen molar-refractivity contribution in [3.63, 3.8) is 0 Å². The second kappa shape index (κ2) is 4.02. The molecule has 0 aliphatic carbocycles. The third-order valence-corrected chi connectivity index (χ3v) is 3.95. The van der Waals surface area contributed by atoms with Gasteiger partial charge >= 0.3 is 0 Å². The molecule has 0 spiro atoms. The van der Waals surface area contributed by atoms with E-state index in [2.05, 4.69) is 42.8 Å². The molecule has 0 atom stereocenters. The van der Waals surface area contributed by atoms with E-state index < -0.39 is 0 Å². The first kappa shape index (κ1) is 11.1. The lowest BCUT2D eigenvalue weighted by Gasteiger charge is -2.25. The van der Waals surface area contributed by atoms with Gasteiger partial charge in [-0.15, -0.1) is 0 Å². The Labute approximate surface area is 93.4 Å². The molecule has 0 aromatic heterocycles. The molecule has 1 aromatic rings. The van der Waals surface area contributed by atoms with Crippen molar-refractivity contribution in [2.75, 3.05) is 5.33 Å². The predicted molar refractivity (Wildman–Crippen MR) is 63.0 cm³/mol. The molecule has 0 amide bonds. The Balaban J connectivity index is 3.28. The van der Waals surface area contributed by atoms with Crippen molar-refractivity contribution in [3.8, 4) is 0 Å². The summed E-state index contributed by atoms with van der Waals surface area (Å²) in [5.74, 6) is 0. The zero-order valence-corrected chi connectivity index (χ0v) is 10.5. The molecule has 0 N–H and O–H groups in total. The van der Waals surface area contributed by atoms with Gasteiger partial charge in [0.2, 0.25) is 0 Å². The van der Waals surface area contributed by atoms with Gasteiger partial charge < -0.3 is 0 Å². The first-order valence-corrected chi connectivity index (χ1v) is 5.80. The van der Waals surface area contributed by atoms with Crippen LogP contribution in [-0.4, -0.2) is 5.33 Å². The highest BCUT2D eigenvalue weighted by Gasteiger charge is 2.23. The fourth-order valence-electron chi connectivity index (χ4n) is 1.56. The number of hydrogen-bond donors (Lipinski definition) is 0. The lowest BCUT2D eigenvalue weighted by Crippen LogP contribution is -2.20. The van der Waals surface area contributed by atoms with Crippen LogP contribution in [0.1, 0.15) is 25.0 Å². The van der Waals surface area contributed by atoms with Gasteiger partial charge in [-0.05, 0) is 24.1 Å². The van der Waals surface area contributed by atoms with E-state index in [9.17, 15) is 0 Å². The van der Waals surface area contributed by atoms with E-state index in [0.29, 0.717) is 0 Å². The van der Waals surface area contributed by atoms with E-state index in [1.807, 2.05) is 12.1 Å². The SMILES string of the molecule is Cc1cccc(Cl)c1C(C)(C)CBr. The van der Waals surface area contributed by atoms with E-state index in [1.165, 1.54) is 11.1 Å². The zero-order chi connectivity index (χ0) is 10.1. The number of aryl methyl sites for hydroxylation is 1. The topological polar surface area (TPSA) is 0 Å². The van der Waals surface area contributed by atoms with E-state index in [-0.39, 0.29) is 5.41 Å². The second-order valence-electron chi connectivity index (χ2n) is 3.95. The van der Waals surface area contributed by atoms with Crippen LogP contribution in [0.25, 0.3) is 0 Å². The van der Waals surface area contributed by atoms with Crippen molar-refractivity contribution >= 4 is 27.5 Å². The van der Waals surface area contributed by atoms with Gasteiger partial charge in [-0.25, -0.2) is 0 Å². The molecule has 0 aliphatic heterocycles. The second-order valence-corrected chi connectivity index (χ2v) is 4.92. The Morgan fingerprint density at radius 1 is 1.38 bits per heavy atom. The number of alkyl halides is 1. The summed E-state index contributed by atoms with van der Waals surface area (Å²) in [6, 6.07) is 6.05. The van der Waals surface area contributed by atoms with E-state index in [0.717, 1.165) is 10.4 Å². The maximum atomic E-state index is 6.17. The Kier molecular flexibility index (Phi) is 3.42. The van der Waals surface area contributed by atoms with Crippen molar-refractivity contribution in [1.82, 2.24) is 0 Å². The molecular formula is C11H14BrCl. The van der Waals surface area contributed by atoms with Crippen LogP contribution < -0.4 is 0 Å². The summed E-state index contributed by atoms with van der Waals surface area (Å²) in [6.07, 6.45) is 0. The van der Waals surface area contributed by atoms with Crippen LogP contribution in [0.2, 0.25) is 5.02 Å². The Morgan fingerprint density at radius 2 is 2.00 bits per heavy atom. The summed E-state index contributed by atoms with van der Waals surface area (Å²) in [5.41, 5.74) is 2.60. The van der Waals surface area contributed by atoms with Crippen LogP contribution in [0, 0.1) is 6.92 Å². The molecule has 0 unspecified atom stereocenters. The molecule has 0 saturated heterocycles. The molecule has 0 fully saturated rings. The third-order valence-electron chi connectivity index (χ3n) is 2.23. The summed E-state index contributed by atoms with van der Waals surface area (Å²) in [5, 5.41) is 1.79. The van der Waals surface area contributed by atoms with Crippen molar-refractivity contribution in [1.29, 1.82) is 0 Å². The van der Waals surface area contributed by atoms with E-state index in [1.54, 1.807) is 0 Å². The van der Waals surface area contributed by atoms with Crippen molar-refractivity contribution < 1.29 is 0 Å². The molecule has 0 heterocycles. The molecule has 0 nitrogen and oxygen atoms in total. The summed E-state index contributed by atoms with van der Waals surface area (Å²) in [4.78, 5) is 0. The first-order valence-electron chi connectivity index (χ1n) is 4.30. The molecule has 1 rings (SSSR count). The van der Waals surface area contributed by atoms with Gasteiger partial charge in [0.25, 0.3) is 0 Å². The van der Waals surface area contributed by atoms with Gasteiger partial charge in [0.05, 0.1) is 0 Å². The molecule has 0 bridgehead atoms. The van der Waals surface area contributed by atoms with Crippen LogP contribution in [0.4, 0.5) is 0 Å². The molecule has 2 heteroatoms. The minimum atomic E-state index is 0.0996. The van der Waals surface area contributed by atoms with Gasteiger partial charge in [0, 0.05) is 15.8 Å². The van der Waals surface area contributed by atoms with Gasteiger partial charge in [0.1, 0.15) is 0 Å². The molecule has 0 aliphatic rings. The molecule has 13 heavy (non-hydrogen) atoms. The normalized spacial score (nSPS) is 11.8. The van der Waals surface area contributed by atoms with Crippen LogP contribution in [0.3, 0.4) is 0 Å². The number of halogens is 2. The number of hydrogen-bond acceptors (Lipinski definition) is 0. The average Bonchev–Trinajstić information content (AvgIpc) is 2.03. The summed E-state index contributed by atoms with van der Waals surface area (Å²) in [7, 11) is 0. The highest BCUT2D eigenvalue weighted by Crippen LogP contribution is 2.33. The molecule has 0 saturated carbocycles. The number of benzene rings is 1. The van der Waals surface area contributed by atoms with Crippen molar-refractivity contribution in [2.45, 2.75) is 26.2 Å². The smallest absolute Gasteiger partial charge is 0.0446 e. The maximum absolute atomic E-state index is 6.17. The van der Waals surface area contributed by atoms with E-state index >= 15 is 0 Å². The third kappa shape index (κ3) is 2.26. The minimum absolute atomic E-state index is 0.0996. The summed E-state index contributed by atoms with van der Waals surface area (Å²) < 4.78 is 0. The molecule has 0 radical (unpaired) electrons. The van der Waals surface area contributed by atoms with Gasteiger partial charge in [-0.2, -0.15) is 0 Å². The Hall–Kier alpha value is -0.0100. The molecule has 72 valence electrons. The quantitative estimate of drug-likeness (QED) is 0.696. The average molecular weight is 262 g/mol. The Bertz CT molecular complexity index is 285. The van der Waals surface area contributed by atoms with Crippen molar-refractivity contribution in [3.05, 3.63) is 34.3 Å². The van der Waals surface area contributed by atoms with Crippen LogP contribution in [0.5, 0.6) is 0 Å². The van der Waals surface area contributed by atoms with Gasteiger partial charge in [-0.1, -0.05) is 53.5 Å². The summed E-state index contributed by atoms with van der Waals surface area (Å²) in [6.45, 7) is 6.48. The van der Waals surface area contributed by atoms with E-state index in [4.69, 9.17) is 11.6 Å². The van der Waals surface area contributed by atoms with Crippen LogP contribution in [-0.2, 0) is 5.41 Å². The van der Waals surface area contributed by atoms with Crippen molar-refractivity contribution in [2.24, 2.45) is 0 Å². The number of rotatable bonds is 2. The monoisotopic (exact) mass is 260 g/mol. The lowest BCUT2D eigenvalue weighted by molar-refractivity contribution is 0.602. The zero-order valence-electron chi connectivity index (χ0n) is 8.20. The highest BCUT2D eigenvalue weighted by molar-refractivity contribution is 9.09. The molecule has 1 aromatic carbocycles. The lowest BCUT2D eigenvalue weighted by atomic mass is 9.84.